The monoisotopic (exact) mass is 531 g/mol. The van der Waals surface area contributed by atoms with Crippen LogP contribution in [0.3, 0.4) is 0 Å². The Bertz CT molecular complexity index is 1270. The van der Waals surface area contributed by atoms with Gasteiger partial charge in [-0.3, -0.25) is 0 Å². The van der Waals surface area contributed by atoms with Crippen LogP contribution in [-0.2, 0) is 17.1 Å². The zero-order valence-corrected chi connectivity index (χ0v) is 20.4. The van der Waals surface area contributed by atoms with Gasteiger partial charge < -0.3 is 14.0 Å². The van der Waals surface area contributed by atoms with E-state index in [2.05, 4.69) is 4.99 Å². The van der Waals surface area contributed by atoms with Gasteiger partial charge in [-0.25, -0.2) is 17.7 Å². The molecule has 1 aliphatic rings. The van der Waals surface area contributed by atoms with Crippen LogP contribution in [0.4, 0.5) is 5.69 Å². The molecule has 1 aromatic heterocycles. The third kappa shape index (κ3) is 4.15. The third-order valence-electron chi connectivity index (χ3n) is 4.49. The van der Waals surface area contributed by atoms with Gasteiger partial charge in [0.05, 0.1) is 16.4 Å². The Morgan fingerprint density at radius 1 is 1.13 bits per heavy atom. The average Bonchev–Trinajstić information content (AvgIpc) is 3.29. The fourth-order valence-electron chi connectivity index (χ4n) is 2.85. The molecule has 7 nitrogen and oxygen atoms in total. The quantitative estimate of drug-likeness (QED) is 0.505. The van der Waals surface area contributed by atoms with E-state index >= 15 is 0 Å². The largest absolute Gasteiger partial charge is 0.454 e. The second kappa shape index (κ2) is 8.72. The lowest BCUT2D eigenvalue weighted by Gasteiger charge is -2.14. The van der Waals surface area contributed by atoms with Crippen LogP contribution in [0.15, 0.2) is 51.7 Å². The number of sulfonamides is 1. The summed E-state index contributed by atoms with van der Waals surface area (Å²) in [4.78, 5) is 5.50. The van der Waals surface area contributed by atoms with Crippen molar-refractivity contribution >= 4 is 55.6 Å². The highest BCUT2D eigenvalue weighted by Gasteiger charge is 2.22. The van der Waals surface area contributed by atoms with Crippen molar-refractivity contribution in [3.63, 3.8) is 0 Å². The molecule has 160 valence electrons. The van der Waals surface area contributed by atoms with Gasteiger partial charge in [-0.05, 0) is 24.3 Å². The van der Waals surface area contributed by atoms with Crippen molar-refractivity contribution in [3.05, 3.63) is 51.6 Å². The highest BCUT2D eigenvalue weighted by Crippen LogP contribution is 2.35. The lowest BCUT2D eigenvalue weighted by atomic mass is 10.2. The first-order chi connectivity index (χ1) is 13.8. The zero-order valence-electron chi connectivity index (χ0n) is 16.3. The van der Waals surface area contributed by atoms with E-state index in [1.54, 1.807) is 18.2 Å². The Morgan fingerprint density at radius 3 is 2.60 bits per heavy atom. The van der Waals surface area contributed by atoms with Crippen LogP contribution in [0, 0.1) is 0 Å². The molecule has 2 heterocycles. The minimum Gasteiger partial charge on any atom is -0.454 e. The van der Waals surface area contributed by atoms with Crippen molar-refractivity contribution in [3.8, 4) is 22.8 Å². The number of thiazole rings is 1. The average molecular weight is 533 g/mol. The van der Waals surface area contributed by atoms with Crippen LogP contribution in [0.2, 0.25) is 5.02 Å². The number of hydrogen-bond acceptors (Lipinski definition) is 6. The molecule has 2 aromatic carbocycles. The van der Waals surface area contributed by atoms with Crippen molar-refractivity contribution in [2.45, 2.75) is 4.90 Å². The van der Waals surface area contributed by atoms with E-state index in [-0.39, 0.29) is 33.7 Å². The molecule has 30 heavy (non-hydrogen) atoms. The normalized spacial score (nSPS) is 13.6. The lowest BCUT2D eigenvalue weighted by molar-refractivity contribution is 0.174. The minimum atomic E-state index is -3.65. The molecule has 0 unspecified atom stereocenters. The van der Waals surface area contributed by atoms with Gasteiger partial charge in [-0.15, -0.1) is 28.3 Å². The molecule has 0 amide bonds. The van der Waals surface area contributed by atoms with Gasteiger partial charge in [0.25, 0.3) is 0 Å². The summed E-state index contributed by atoms with van der Waals surface area (Å²) in [6.45, 7) is 0.213. The Hall–Kier alpha value is -1.85. The molecule has 11 heteroatoms. The topological polar surface area (TPSA) is 73.1 Å². The smallest absolute Gasteiger partial charge is 0.244 e. The highest BCUT2D eigenvalue weighted by atomic mass is 79.9. The molecule has 0 spiro atoms. The van der Waals surface area contributed by atoms with Crippen molar-refractivity contribution in [1.82, 2.24) is 8.87 Å². The van der Waals surface area contributed by atoms with E-state index in [1.165, 1.54) is 25.4 Å². The first kappa shape index (κ1) is 22.8. The van der Waals surface area contributed by atoms with E-state index in [0.29, 0.717) is 11.5 Å². The summed E-state index contributed by atoms with van der Waals surface area (Å²) in [7, 11) is 1.18. The maximum absolute atomic E-state index is 12.6. The second-order valence-electron chi connectivity index (χ2n) is 6.54. The molecule has 0 bridgehead atoms. The number of nitrogens with zero attached hydrogens (tertiary/aromatic N) is 3. The van der Waals surface area contributed by atoms with Gasteiger partial charge in [0.15, 0.2) is 16.3 Å². The van der Waals surface area contributed by atoms with Crippen molar-refractivity contribution in [1.29, 1.82) is 0 Å². The van der Waals surface area contributed by atoms with Gasteiger partial charge in [0.2, 0.25) is 16.8 Å². The van der Waals surface area contributed by atoms with Crippen LogP contribution in [0.1, 0.15) is 0 Å². The Labute approximate surface area is 194 Å². The Balaban J connectivity index is 0.00000256. The summed E-state index contributed by atoms with van der Waals surface area (Å²) in [6.07, 6.45) is 0. The van der Waals surface area contributed by atoms with Crippen LogP contribution in [0.5, 0.6) is 11.5 Å². The van der Waals surface area contributed by atoms with Crippen LogP contribution < -0.4 is 14.3 Å². The van der Waals surface area contributed by atoms with Crippen LogP contribution >= 0.6 is 39.9 Å². The summed E-state index contributed by atoms with van der Waals surface area (Å²) in [6, 6.07) is 10.5. The highest BCUT2D eigenvalue weighted by molar-refractivity contribution is 8.93. The van der Waals surface area contributed by atoms with Gasteiger partial charge in [0.1, 0.15) is 4.90 Å². The zero-order chi connectivity index (χ0) is 20.8. The number of rotatable bonds is 4. The van der Waals surface area contributed by atoms with E-state index in [1.807, 2.05) is 35.2 Å². The summed E-state index contributed by atoms with van der Waals surface area (Å²) >= 11 is 7.61. The minimum absolute atomic E-state index is 0. The number of fused-ring (bicyclic) bond motifs is 1. The molecule has 0 fully saturated rings. The molecule has 0 radical (unpaired) electrons. The Kier molecular flexibility index (Phi) is 6.63. The second-order valence-corrected chi connectivity index (χ2v) is 9.91. The van der Waals surface area contributed by atoms with Crippen molar-refractivity contribution in [2.24, 2.45) is 12.0 Å². The van der Waals surface area contributed by atoms with Crippen LogP contribution in [-0.4, -0.2) is 38.2 Å². The number of hydrogen-bond donors (Lipinski definition) is 0. The first-order valence-electron chi connectivity index (χ1n) is 8.59. The molecule has 0 aliphatic carbocycles. The standard InChI is InChI=1S/C19H18ClN3O4S2.BrH/c1-22(2)29(24,25)18-8-12(4-6-14(18)20)15-10-28-19(23(15)3)21-13-5-7-16-17(9-13)27-11-26-16;/h4-10H,11H2,1-3H3;1H. The molecule has 0 saturated carbocycles. The van der Waals surface area contributed by atoms with Gasteiger partial charge >= 0.3 is 0 Å². The Morgan fingerprint density at radius 2 is 1.87 bits per heavy atom. The number of halogens is 2. The summed E-state index contributed by atoms with van der Waals surface area (Å²) in [5.74, 6) is 1.37. The molecule has 0 saturated heterocycles. The van der Waals surface area contributed by atoms with E-state index in [9.17, 15) is 8.42 Å². The lowest BCUT2D eigenvalue weighted by Crippen LogP contribution is -2.22. The van der Waals surface area contributed by atoms with E-state index < -0.39 is 10.0 Å². The molecular formula is C19H19BrClN3O4S2. The number of benzene rings is 2. The molecule has 4 rings (SSSR count). The van der Waals surface area contributed by atoms with Gasteiger partial charge in [-0.1, -0.05) is 17.7 Å². The van der Waals surface area contributed by atoms with Gasteiger partial charge in [0, 0.05) is 38.2 Å². The third-order valence-corrected chi connectivity index (χ3v) is 7.70. The van der Waals surface area contributed by atoms with Crippen molar-refractivity contribution < 1.29 is 17.9 Å². The molecular weight excluding hydrogens is 514 g/mol. The van der Waals surface area contributed by atoms with E-state index in [0.717, 1.165) is 26.1 Å². The predicted octanol–water partition coefficient (Wildman–Crippen LogP) is 4.20. The molecule has 1 aliphatic heterocycles. The fraction of sp³-hybridized carbons (Fsp3) is 0.211. The fourth-order valence-corrected chi connectivity index (χ4v) is 5.17. The SMILES string of the molecule is Br.CN(C)S(=O)(=O)c1cc(-c2csc(=Nc3ccc4c(c3)OCO4)n2C)ccc1Cl. The maximum atomic E-state index is 12.6. The molecule has 0 atom stereocenters. The summed E-state index contributed by atoms with van der Waals surface area (Å²) in [5.41, 5.74) is 2.31. The summed E-state index contributed by atoms with van der Waals surface area (Å²) < 4.78 is 38.9. The molecule has 3 aromatic rings. The number of ether oxygens (including phenoxy) is 2. The first-order valence-corrected chi connectivity index (χ1v) is 11.3. The van der Waals surface area contributed by atoms with Crippen molar-refractivity contribution in [2.75, 3.05) is 20.9 Å². The number of aromatic nitrogens is 1. The van der Waals surface area contributed by atoms with Crippen LogP contribution in [0.25, 0.3) is 11.3 Å². The predicted molar refractivity (Wildman–Crippen MR) is 123 cm³/mol. The molecule has 0 N–H and O–H groups in total. The van der Waals surface area contributed by atoms with E-state index in [4.69, 9.17) is 21.1 Å². The van der Waals surface area contributed by atoms with Gasteiger partial charge in [-0.2, -0.15) is 0 Å². The maximum Gasteiger partial charge on any atom is 0.244 e. The summed E-state index contributed by atoms with van der Waals surface area (Å²) in [5, 5.41) is 2.12.